The Morgan fingerprint density at radius 1 is 0.639 bits per heavy atom. The van der Waals surface area contributed by atoms with Crippen LogP contribution in [0.3, 0.4) is 0 Å². The van der Waals surface area contributed by atoms with Gasteiger partial charge in [-0.25, -0.2) is 24.1 Å². The van der Waals surface area contributed by atoms with E-state index in [1.807, 2.05) is 55.2 Å². The maximum absolute atomic E-state index is 12.7. The van der Waals surface area contributed by atoms with Gasteiger partial charge in [0.05, 0.1) is 22.4 Å². The van der Waals surface area contributed by atoms with Crippen LogP contribution in [0.2, 0.25) is 10.0 Å². The van der Waals surface area contributed by atoms with E-state index in [1.54, 1.807) is 65.7 Å². The average Bonchev–Trinajstić information content (AvgIpc) is 4.10. The second-order valence-electron chi connectivity index (χ2n) is 14.1. The summed E-state index contributed by atoms with van der Waals surface area (Å²) in [5.41, 5.74) is 10.2. The van der Waals surface area contributed by atoms with E-state index >= 15 is 0 Å². The molecule has 8 aromatic rings. The van der Waals surface area contributed by atoms with Gasteiger partial charge in [0.2, 0.25) is 0 Å². The number of benzene rings is 2. The van der Waals surface area contributed by atoms with E-state index < -0.39 is 5.97 Å². The average molecular weight is 864 g/mol. The summed E-state index contributed by atoms with van der Waals surface area (Å²) < 4.78 is 7.30. The molecule has 0 unspecified atom stereocenters. The Kier molecular flexibility index (Phi) is 14.1. The van der Waals surface area contributed by atoms with E-state index in [4.69, 9.17) is 34.0 Å². The van der Waals surface area contributed by atoms with Gasteiger partial charge >= 0.3 is 5.97 Å². The molecule has 316 valence electrons. The number of anilines is 2. The van der Waals surface area contributed by atoms with Crippen molar-refractivity contribution < 1.29 is 14.7 Å². The summed E-state index contributed by atoms with van der Waals surface area (Å²) in [6.07, 6.45) is 16.9. The van der Waals surface area contributed by atoms with Crippen LogP contribution in [0.5, 0.6) is 0 Å². The number of amides is 1. The van der Waals surface area contributed by atoms with Crippen LogP contribution in [0.15, 0.2) is 135 Å². The van der Waals surface area contributed by atoms with Gasteiger partial charge in [-0.2, -0.15) is 10.2 Å². The molecule has 8 heterocycles. The van der Waals surface area contributed by atoms with Crippen LogP contribution in [-0.4, -0.2) is 93.6 Å². The molecule has 2 fully saturated rings. The predicted molar refractivity (Wildman–Crippen MR) is 241 cm³/mol. The number of carbonyl (C=O) groups is 2. The molecule has 2 saturated heterocycles. The van der Waals surface area contributed by atoms with Gasteiger partial charge in [-0.3, -0.25) is 4.79 Å². The van der Waals surface area contributed by atoms with E-state index in [2.05, 4.69) is 56.2 Å². The molecule has 2 aromatic carbocycles. The van der Waals surface area contributed by atoms with Crippen LogP contribution in [-0.2, 0) is 0 Å². The Labute approximate surface area is 363 Å². The van der Waals surface area contributed by atoms with Crippen LogP contribution in [0.25, 0.3) is 22.4 Å². The van der Waals surface area contributed by atoms with Gasteiger partial charge in [0.1, 0.15) is 0 Å². The van der Waals surface area contributed by atoms with Crippen LogP contribution in [0, 0.1) is 0 Å². The summed E-state index contributed by atoms with van der Waals surface area (Å²) in [5.74, 6) is 0.790. The van der Waals surface area contributed by atoms with Gasteiger partial charge in [-0.1, -0.05) is 38.1 Å². The Hall–Kier alpha value is -6.68. The van der Waals surface area contributed by atoms with Crippen molar-refractivity contribution >= 4 is 57.7 Å². The second-order valence-corrected chi connectivity index (χ2v) is 14.9. The molecule has 0 saturated carbocycles. The van der Waals surface area contributed by atoms with Crippen molar-refractivity contribution in [3.8, 4) is 11.4 Å². The molecule has 2 atom stereocenters. The van der Waals surface area contributed by atoms with Crippen LogP contribution < -0.4 is 20.9 Å². The molecular weight excluding hydrogens is 815 g/mol. The van der Waals surface area contributed by atoms with Gasteiger partial charge in [-0.05, 0) is 97.8 Å². The fourth-order valence-corrected chi connectivity index (χ4v) is 7.32. The highest BCUT2D eigenvalue weighted by molar-refractivity contribution is 6.30. The van der Waals surface area contributed by atoms with E-state index in [0.29, 0.717) is 21.8 Å². The van der Waals surface area contributed by atoms with E-state index in [1.165, 1.54) is 10.7 Å². The van der Waals surface area contributed by atoms with Gasteiger partial charge < -0.3 is 34.8 Å². The molecule has 2 aliphatic rings. The molecule has 1 amide bonds. The van der Waals surface area contributed by atoms with Crippen molar-refractivity contribution in [2.24, 2.45) is 5.73 Å². The minimum absolute atomic E-state index is 0. The highest BCUT2D eigenvalue weighted by Gasteiger charge is 2.27. The number of halogens is 2. The minimum Gasteiger partial charge on any atom is -0.476 e. The number of hydrogen-bond donors (Lipinski definition) is 3. The van der Waals surface area contributed by atoms with Crippen molar-refractivity contribution in [2.75, 3.05) is 36.0 Å². The molecule has 6 aromatic heterocycles. The molecule has 0 bridgehead atoms. The predicted octanol–water partition coefficient (Wildman–Crippen LogP) is 7.55. The van der Waals surface area contributed by atoms with E-state index in [0.717, 1.165) is 73.1 Å². The molecule has 61 heavy (non-hydrogen) atoms. The van der Waals surface area contributed by atoms with Crippen molar-refractivity contribution in [3.05, 3.63) is 156 Å². The van der Waals surface area contributed by atoms with Crippen LogP contribution in [0.4, 0.5) is 11.6 Å². The first-order chi connectivity index (χ1) is 28.7. The topological polar surface area (TPSA) is 169 Å². The summed E-state index contributed by atoms with van der Waals surface area (Å²) in [7, 11) is 0. The van der Waals surface area contributed by atoms with Crippen LogP contribution >= 0.6 is 23.2 Å². The highest BCUT2D eigenvalue weighted by atomic mass is 35.5. The Morgan fingerprint density at radius 2 is 1.13 bits per heavy atom. The van der Waals surface area contributed by atoms with Gasteiger partial charge in [-0.15, -0.1) is 0 Å². The number of carbonyl (C=O) groups excluding carboxylic acids is 1. The zero-order valence-electron chi connectivity index (χ0n) is 31.7. The molecule has 4 N–H and O–H groups in total. The van der Waals surface area contributed by atoms with Crippen LogP contribution in [0.1, 0.15) is 48.7 Å². The van der Waals surface area contributed by atoms with E-state index in [-0.39, 0.29) is 32.5 Å². The SMILES string of the molecule is C.C.N[C@H]1CCN(c2nccn3cccc23)C1.O=C(N[C@H]1CCN(c2nccn3cccc23)C1)c1ccn(-c2ccc(Cl)cc2)n1.O=C(O)c1ccn(-c2ccc(Cl)cc2)n1. The third kappa shape index (κ3) is 10.2. The molecule has 0 aliphatic carbocycles. The molecule has 10 rings (SSSR count). The summed E-state index contributed by atoms with van der Waals surface area (Å²) in [5, 5.41) is 21.4. The maximum Gasteiger partial charge on any atom is 0.356 e. The number of carboxylic acids is 1. The lowest BCUT2D eigenvalue weighted by Crippen LogP contribution is -2.37. The normalized spacial score (nSPS) is 15.6. The number of nitrogens with two attached hydrogens (primary N) is 1. The van der Waals surface area contributed by atoms with Gasteiger partial charge in [0, 0.05) is 97.9 Å². The lowest BCUT2D eigenvalue weighted by atomic mass is 10.2. The zero-order valence-corrected chi connectivity index (χ0v) is 33.2. The number of aromatic nitrogens is 8. The number of rotatable bonds is 7. The van der Waals surface area contributed by atoms with Crippen molar-refractivity contribution in [2.45, 2.75) is 39.8 Å². The number of nitrogens with zero attached hydrogens (tertiary/aromatic N) is 10. The molecule has 17 heteroatoms. The summed E-state index contributed by atoms with van der Waals surface area (Å²) in [6, 6.07) is 26.0. The molecule has 0 spiro atoms. The van der Waals surface area contributed by atoms with Crippen molar-refractivity contribution in [1.82, 2.24) is 43.6 Å². The quantitative estimate of drug-likeness (QED) is 0.146. The van der Waals surface area contributed by atoms with Gasteiger partial charge in [0.25, 0.3) is 5.91 Å². The minimum atomic E-state index is -1.04. The number of hydrogen-bond acceptors (Lipinski definition) is 9. The lowest BCUT2D eigenvalue weighted by molar-refractivity contribution is 0.0689. The molecule has 0 radical (unpaired) electrons. The Morgan fingerprint density at radius 3 is 1.62 bits per heavy atom. The smallest absolute Gasteiger partial charge is 0.356 e. The third-order valence-corrected chi connectivity index (χ3v) is 10.5. The first-order valence-electron chi connectivity index (χ1n) is 18.9. The first kappa shape index (κ1) is 43.9. The summed E-state index contributed by atoms with van der Waals surface area (Å²) in [4.78, 5) is 36.7. The number of nitrogens with one attached hydrogen (secondary N) is 1. The second kappa shape index (κ2) is 19.6. The largest absolute Gasteiger partial charge is 0.476 e. The highest BCUT2D eigenvalue weighted by Crippen LogP contribution is 2.25. The summed E-state index contributed by atoms with van der Waals surface area (Å²) in [6.45, 7) is 3.50. The summed E-state index contributed by atoms with van der Waals surface area (Å²) >= 11 is 11.7. The number of carboxylic acid groups (broad SMARTS) is 1. The molecule has 2 aliphatic heterocycles. The lowest BCUT2D eigenvalue weighted by Gasteiger charge is -2.18. The Balaban J connectivity index is 0.000000165. The molecule has 15 nitrogen and oxygen atoms in total. The molecular formula is C44H48Cl2N12O3. The monoisotopic (exact) mass is 862 g/mol. The zero-order chi connectivity index (χ0) is 40.9. The maximum atomic E-state index is 12.7. The fraction of sp³-hybridized carbons (Fsp3) is 0.227. The number of fused-ring (bicyclic) bond motifs is 2. The Bertz CT molecular complexity index is 2690. The standard InChI is InChI=1S/C21H19ClN6O.C11H14N4.C10H7ClN2O2.2CH4/c22-15-3-5-17(6-4-15)28-12-8-18(25-28)21(29)24-16-7-11-27(14-16)20-19-2-1-10-26(19)13-9-23-20;12-9-3-6-15(8-9)11-10-2-1-5-14(10)7-4-13-11;11-7-1-3-8(4-2-7)13-6-5-9(12-13)10(14)15;;/h1-6,8-10,12-13,16H,7,11,14H2,(H,24,29);1-2,4-5,7,9H,3,6,8,12H2;1-6H,(H,14,15);2*1H4/t16-;9-;;;/m00.../s1. The first-order valence-corrected chi connectivity index (χ1v) is 19.7. The van der Waals surface area contributed by atoms with Crippen molar-refractivity contribution in [1.29, 1.82) is 0 Å². The third-order valence-electron chi connectivity index (χ3n) is 10.0. The van der Waals surface area contributed by atoms with E-state index in [9.17, 15) is 9.59 Å². The fourth-order valence-electron chi connectivity index (χ4n) is 7.07. The van der Waals surface area contributed by atoms with Gasteiger partial charge in [0.15, 0.2) is 23.0 Å². The number of aromatic carboxylic acids is 1. The van der Waals surface area contributed by atoms with Crippen molar-refractivity contribution in [3.63, 3.8) is 0 Å².